The lowest BCUT2D eigenvalue weighted by Crippen LogP contribution is -2.38. The van der Waals surface area contributed by atoms with Crippen LogP contribution < -0.4 is 4.74 Å². The smallest absolute Gasteiger partial charge is 0.414 e. The number of hydrogen-bond donors (Lipinski definition) is 0. The molecule has 0 saturated heterocycles. The summed E-state index contributed by atoms with van der Waals surface area (Å²) < 4.78 is 10.4. The van der Waals surface area contributed by atoms with Gasteiger partial charge in [0.25, 0.3) is 0 Å². The van der Waals surface area contributed by atoms with Gasteiger partial charge in [-0.05, 0) is 37.6 Å². The van der Waals surface area contributed by atoms with Crippen molar-refractivity contribution in [2.24, 2.45) is 0 Å². The first-order chi connectivity index (χ1) is 8.50. The van der Waals surface area contributed by atoms with Crippen LogP contribution in [0.25, 0.3) is 0 Å². The van der Waals surface area contributed by atoms with Gasteiger partial charge in [-0.15, -0.1) is 0 Å². The number of benzene rings is 1. The zero-order valence-electron chi connectivity index (χ0n) is 10.8. The van der Waals surface area contributed by atoms with Gasteiger partial charge in [0.1, 0.15) is 11.4 Å². The lowest BCUT2D eigenvalue weighted by molar-refractivity contribution is 0.0375. The molecule has 0 aliphatic carbocycles. The molecule has 0 aromatic heterocycles. The van der Waals surface area contributed by atoms with Crippen LogP contribution in [0, 0.1) is 0 Å². The van der Waals surface area contributed by atoms with Gasteiger partial charge in [0.15, 0.2) is 0 Å². The maximum absolute atomic E-state index is 11.8. The number of rotatable bonds is 3. The van der Waals surface area contributed by atoms with E-state index in [0.717, 1.165) is 11.3 Å². The van der Waals surface area contributed by atoms with Crippen LogP contribution in [0.5, 0.6) is 5.75 Å². The van der Waals surface area contributed by atoms with Crippen molar-refractivity contribution in [2.75, 3.05) is 7.11 Å². The molecular weight excluding hydrogens is 230 g/mol. The highest BCUT2D eigenvalue weighted by atomic mass is 16.6. The summed E-state index contributed by atoms with van der Waals surface area (Å²) in [5.74, 6) is 0.780. The average Bonchev–Trinajstić information content (AvgIpc) is 2.32. The Morgan fingerprint density at radius 2 is 2.17 bits per heavy atom. The van der Waals surface area contributed by atoms with Gasteiger partial charge in [-0.2, -0.15) is 0 Å². The molecule has 1 amide bonds. The molecule has 0 saturated carbocycles. The topological polar surface area (TPSA) is 38.8 Å². The van der Waals surface area contributed by atoms with Crippen molar-refractivity contribution in [1.29, 1.82) is 0 Å². The number of nitrogens with zero attached hydrogens (tertiary/aromatic N) is 1. The second-order valence-electron chi connectivity index (χ2n) is 4.77. The fraction of sp³-hybridized carbons (Fsp3) is 0.357. The second kappa shape index (κ2) is 4.72. The number of ether oxygens (including phenoxy) is 2. The van der Waals surface area contributed by atoms with Crippen LogP contribution in [0.3, 0.4) is 0 Å². The van der Waals surface area contributed by atoms with Crippen molar-refractivity contribution in [2.45, 2.75) is 26.0 Å². The molecular formula is C14H17NO3. The molecule has 1 aliphatic rings. The first kappa shape index (κ1) is 12.5. The Bertz CT molecular complexity index is 480. The van der Waals surface area contributed by atoms with Crippen molar-refractivity contribution in [1.82, 2.24) is 4.90 Å². The van der Waals surface area contributed by atoms with Gasteiger partial charge < -0.3 is 9.47 Å². The zero-order valence-corrected chi connectivity index (χ0v) is 10.8. The minimum Gasteiger partial charge on any atom is -0.497 e. The Kier molecular flexibility index (Phi) is 3.28. The molecule has 4 nitrogen and oxygen atoms in total. The number of carbonyl (C=O) groups excluding carboxylic acids is 1. The van der Waals surface area contributed by atoms with Crippen LogP contribution >= 0.6 is 0 Å². The Labute approximate surface area is 107 Å². The minimum atomic E-state index is -0.526. The van der Waals surface area contributed by atoms with E-state index in [0.29, 0.717) is 6.54 Å². The SMILES string of the molecule is COc1cccc(CN2C=CC(C)(C)OC2=O)c1. The third-order valence-corrected chi connectivity index (χ3v) is 2.73. The summed E-state index contributed by atoms with van der Waals surface area (Å²) in [5.41, 5.74) is 0.470. The van der Waals surface area contributed by atoms with Crippen molar-refractivity contribution in [3.63, 3.8) is 0 Å². The molecule has 2 rings (SSSR count). The molecule has 0 bridgehead atoms. The monoisotopic (exact) mass is 247 g/mol. The Hall–Kier alpha value is -1.97. The number of hydrogen-bond acceptors (Lipinski definition) is 3. The summed E-state index contributed by atoms with van der Waals surface area (Å²) in [5, 5.41) is 0. The molecule has 1 aliphatic heterocycles. The van der Waals surface area contributed by atoms with Gasteiger partial charge in [0.2, 0.25) is 0 Å². The predicted octanol–water partition coefficient (Wildman–Crippen LogP) is 2.94. The highest BCUT2D eigenvalue weighted by molar-refractivity contribution is 5.71. The van der Waals surface area contributed by atoms with Gasteiger partial charge in [-0.3, -0.25) is 4.90 Å². The van der Waals surface area contributed by atoms with Crippen LogP contribution in [0.4, 0.5) is 4.79 Å². The molecule has 0 fully saturated rings. The fourth-order valence-electron chi connectivity index (χ4n) is 1.73. The quantitative estimate of drug-likeness (QED) is 0.824. The van der Waals surface area contributed by atoms with Gasteiger partial charge in [0, 0.05) is 6.20 Å². The molecule has 1 aromatic rings. The van der Waals surface area contributed by atoms with E-state index in [1.807, 2.05) is 44.2 Å². The molecule has 0 unspecified atom stereocenters. The molecule has 18 heavy (non-hydrogen) atoms. The molecule has 1 aromatic carbocycles. The molecule has 4 heteroatoms. The van der Waals surface area contributed by atoms with Crippen LogP contribution in [-0.2, 0) is 11.3 Å². The maximum atomic E-state index is 11.8. The van der Waals surface area contributed by atoms with E-state index in [1.54, 1.807) is 18.2 Å². The van der Waals surface area contributed by atoms with Crippen LogP contribution in [-0.4, -0.2) is 23.7 Å². The van der Waals surface area contributed by atoms with Gasteiger partial charge in [-0.25, -0.2) is 4.79 Å². The average molecular weight is 247 g/mol. The van der Waals surface area contributed by atoms with Gasteiger partial charge >= 0.3 is 6.09 Å². The largest absolute Gasteiger partial charge is 0.497 e. The lowest BCUT2D eigenvalue weighted by Gasteiger charge is -2.31. The third kappa shape index (κ3) is 2.83. The van der Waals surface area contributed by atoms with Crippen molar-refractivity contribution in [3.8, 4) is 5.75 Å². The third-order valence-electron chi connectivity index (χ3n) is 2.73. The minimum absolute atomic E-state index is 0.328. The van der Waals surface area contributed by atoms with E-state index < -0.39 is 5.60 Å². The summed E-state index contributed by atoms with van der Waals surface area (Å²) in [6.07, 6.45) is 3.31. The highest BCUT2D eigenvalue weighted by Gasteiger charge is 2.27. The number of methoxy groups -OCH3 is 1. The van der Waals surface area contributed by atoms with Crippen LogP contribution in [0.2, 0.25) is 0 Å². The summed E-state index contributed by atoms with van der Waals surface area (Å²) in [6, 6.07) is 7.62. The summed E-state index contributed by atoms with van der Waals surface area (Å²) in [6.45, 7) is 4.18. The Morgan fingerprint density at radius 1 is 1.39 bits per heavy atom. The molecule has 96 valence electrons. The number of amides is 1. The highest BCUT2D eigenvalue weighted by Crippen LogP contribution is 2.21. The van der Waals surface area contributed by atoms with E-state index in [1.165, 1.54) is 0 Å². The van der Waals surface area contributed by atoms with E-state index >= 15 is 0 Å². The standard InChI is InChI=1S/C14H17NO3/c1-14(2)7-8-15(13(16)18-14)10-11-5-4-6-12(9-11)17-3/h4-9H,10H2,1-3H3. The van der Waals surface area contributed by atoms with E-state index in [9.17, 15) is 4.79 Å². The van der Waals surface area contributed by atoms with Crippen LogP contribution in [0.15, 0.2) is 36.5 Å². The Morgan fingerprint density at radius 3 is 2.83 bits per heavy atom. The first-order valence-corrected chi connectivity index (χ1v) is 5.82. The van der Waals surface area contributed by atoms with E-state index in [-0.39, 0.29) is 6.09 Å². The fourth-order valence-corrected chi connectivity index (χ4v) is 1.73. The second-order valence-corrected chi connectivity index (χ2v) is 4.77. The number of cyclic esters (lactones) is 1. The van der Waals surface area contributed by atoms with E-state index in [4.69, 9.17) is 9.47 Å². The zero-order chi connectivity index (χ0) is 13.2. The Balaban J connectivity index is 2.12. The molecule has 0 atom stereocenters. The summed E-state index contributed by atoms with van der Waals surface area (Å²) in [7, 11) is 1.62. The normalized spacial score (nSPS) is 17.5. The molecule has 0 radical (unpaired) electrons. The number of carbonyl (C=O) groups is 1. The van der Waals surface area contributed by atoms with Gasteiger partial charge in [0.05, 0.1) is 13.7 Å². The van der Waals surface area contributed by atoms with Crippen LogP contribution in [0.1, 0.15) is 19.4 Å². The molecule has 0 spiro atoms. The van der Waals surface area contributed by atoms with Crippen molar-refractivity contribution < 1.29 is 14.3 Å². The summed E-state index contributed by atoms with van der Waals surface area (Å²) >= 11 is 0. The van der Waals surface area contributed by atoms with Crippen molar-refractivity contribution >= 4 is 6.09 Å². The van der Waals surface area contributed by atoms with Gasteiger partial charge in [-0.1, -0.05) is 12.1 Å². The maximum Gasteiger partial charge on any atom is 0.414 e. The summed E-state index contributed by atoms with van der Waals surface area (Å²) in [4.78, 5) is 13.3. The van der Waals surface area contributed by atoms with Crippen molar-refractivity contribution in [3.05, 3.63) is 42.1 Å². The lowest BCUT2D eigenvalue weighted by atomic mass is 10.1. The first-order valence-electron chi connectivity index (χ1n) is 5.82. The van der Waals surface area contributed by atoms with E-state index in [2.05, 4.69) is 0 Å². The molecule has 0 N–H and O–H groups in total. The predicted molar refractivity (Wildman–Crippen MR) is 68.2 cm³/mol. The molecule has 1 heterocycles.